The maximum absolute atomic E-state index is 14.2. The van der Waals surface area contributed by atoms with Gasteiger partial charge in [-0.25, -0.2) is 9.59 Å². The van der Waals surface area contributed by atoms with Crippen LogP contribution in [0.1, 0.15) is 58.1 Å². The molecular formula is C30H39N3O7. The molecule has 1 aromatic carbocycles. The number of fused-ring (bicyclic) bond motifs is 2. The molecule has 4 aliphatic rings. The van der Waals surface area contributed by atoms with E-state index in [0.717, 1.165) is 24.0 Å². The number of Topliss-reactive ketones (excluding diaryl/α,β-unsaturated/α-hetero) is 1. The summed E-state index contributed by atoms with van der Waals surface area (Å²) in [5.41, 5.74) is 2.07. The number of ether oxygens (including phenoxy) is 1. The van der Waals surface area contributed by atoms with Gasteiger partial charge in [0.2, 0.25) is 11.8 Å². The number of likely N-dealkylation sites (tertiary alicyclic amines) is 1. The molecule has 0 radical (unpaired) electrons. The lowest BCUT2D eigenvalue weighted by Gasteiger charge is -2.35. The van der Waals surface area contributed by atoms with Crippen molar-refractivity contribution in [1.82, 2.24) is 15.5 Å². The number of hydrogen-bond acceptors (Lipinski definition) is 6. The van der Waals surface area contributed by atoms with Gasteiger partial charge in [-0.05, 0) is 73.3 Å². The molecule has 0 spiro atoms. The number of piperidine rings is 1. The molecule has 3 amide bonds. The maximum Gasteiger partial charge on any atom is 0.408 e. The van der Waals surface area contributed by atoms with Gasteiger partial charge < -0.3 is 25.4 Å². The Bertz CT molecular complexity index is 1200. The first kappa shape index (κ1) is 28.1. The Labute approximate surface area is 234 Å². The second-order valence-electron chi connectivity index (χ2n) is 12.8. The summed E-state index contributed by atoms with van der Waals surface area (Å²) in [6.45, 7) is 7.92. The molecule has 10 nitrogen and oxygen atoms in total. The standard InChI is InChI=1S/C30H39N3O7/c1-15(2)40-29(39)32-23(19-12-17-7-5-6-8-18(17)13-19)27(36)33-14-20-22(30(20,3)4)24(33)26(35)31-21(11-16-9-10-16)25(34)28(37)38/h5-8,15-16,19-24H,9-14H2,1-4H3,(H,31,35)(H,32,39)(H,37,38)/t20?,21?,22?,23-,24-/m0/s1. The Morgan fingerprint density at radius 1 is 1.05 bits per heavy atom. The molecule has 40 heavy (non-hydrogen) atoms. The highest BCUT2D eigenvalue weighted by Gasteiger charge is 2.69. The monoisotopic (exact) mass is 553 g/mol. The van der Waals surface area contributed by atoms with E-state index in [1.54, 1.807) is 18.7 Å². The number of carboxylic acids is 1. The summed E-state index contributed by atoms with van der Waals surface area (Å²) in [6.07, 6.45) is 2.23. The molecule has 216 valence electrons. The van der Waals surface area contributed by atoms with Crippen LogP contribution in [0.3, 0.4) is 0 Å². The van der Waals surface area contributed by atoms with E-state index in [1.165, 1.54) is 0 Å². The van der Waals surface area contributed by atoms with Gasteiger partial charge in [0.15, 0.2) is 0 Å². The van der Waals surface area contributed by atoms with Crippen LogP contribution in [-0.2, 0) is 36.8 Å². The van der Waals surface area contributed by atoms with Crippen molar-refractivity contribution < 1.29 is 33.8 Å². The van der Waals surface area contributed by atoms with Crippen LogP contribution in [0.15, 0.2) is 24.3 Å². The Kier molecular flexibility index (Phi) is 7.39. The molecule has 0 bridgehead atoms. The molecule has 10 heteroatoms. The van der Waals surface area contributed by atoms with Gasteiger partial charge in [0, 0.05) is 6.54 Å². The fourth-order valence-electron chi connectivity index (χ4n) is 6.90. The summed E-state index contributed by atoms with van der Waals surface area (Å²) in [5, 5.41) is 14.9. The summed E-state index contributed by atoms with van der Waals surface area (Å²) < 4.78 is 5.32. The van der Waals surface area contributed by atoms with Gasteiger partial charge in [-0.2, -0.15) is 0 Å². The van der Waals surface area contributed by atoms with Crippen molar-refractivity contribution in [3.8, 4) is 0 Å². The number of aliphatic carboxylic acids is 1. The number of carboxylic acid groups (broad SMARTS) is 1. The minimum Gasteiger partial charge on any atom is -0.475 e. The van der Waals surface area contributed by atoms with E-state index < -0.39 is 41.9 Å². The third kappa shape index (κ3) is 5.45. The molecule has 2 saturated carbocycles. The van der Waals surface area contributed by atoms with E-state index in [4.69, 9.17) is 4.74 Å². The second kappa shape index (κ2) is 10.5. The molecule has 3 fully saturated rings. The van der Waals surface area contributed by atoms with Gasteiger partial charge in [0.1, 0.15) is 12.1 Å². The van der Waals surface area contributed by atoms with Crippen molar-refractivity contribution in [1.29, 1.82) is 0 Å². The van der Waals surface area contributed by atoms with Crippen LogP contribution in [0.5, 0.6) is 0 Å². The van der Waals surface area contributed by atoms with Crippen molar-refractivity contribution in [2.24, 2.45) is 29.1 Å². The average Bonchev–Trinajstić information content (AvgIpc) is 3.64. The molecular weight excluding hydrogens is 514 g/mol. The van der Waals surface area contributed by atoms with E-state index >= 15 is 0 Å². The lowest BCUT2D eigenvalue weighted by Crippen LogP contribution is -2.59. The quantitative estimate of drug-likeness (QED) is 0.378. The van der Waals surface area contributed by atoms with Crippen LogP contribution in [0.2, 0.25) is 0 Å². The van der Waals surface area contributed by atoms with Crippen LogP contribution >= 0.6 is 0 Å². The van der Waals surface area contributed by atoms with Crippen LogP contribution in [-0.4, -0.2) is 70.4 Å². The van der Waals surface area contributed by atoms with Crippen molar-refractivity contribution in [3.05, 3.63) is 35.4 Å². The number of carbonyl (C=O) groups is 5. The highest BCUT2D eigenvalue weighted by molar-refractivity contribution is 6.35. The third-order valence-corrected chi connectivity index (χ3v) is 9.31. The zero-order valence-electron chi connectivity index (χ0n) is 23.5. The number of amides is 3. The predicted octanol–water partition coefficient (Wildman–Crippen LogP) is 2.33. The Morgan fingerprint density at radius 3 is 2.23 bits per heavy atom. The molecule has 5 rings (SSSR count). The minimum absolute atomic E-state index is 0.0910. The molecule has 1 heterocycles. The lowest BCUT2D eigenvalue weighted by molar-refractivity contribution is -0.151. The van der Waals surface area contributed by atoms with Crippen molar-refractivity contribution >= 4 is 29.7 Å². The number of nitrogens with one attached hydrogen (secondary N) is 2. The first-order valence-electron chi connectivity index (χ1n) is 14.3. The first-order valence-corrected chi connectivity index (χ1v) is 14.3. The molecule has 3 unspecified atom stereocenters. The topological polar surface area (TPSA) is 142 Å². The highest BCUT2D eigenvalue weighted by atomic mass is 16.6. The molecule has 3 N–H and O–H groups in total. The third-order valence-electron chi connectivity index (χ3n) is 9.31. The molecule has 1 saturated heterocycles. The van der Waals surface area contributed by atoms with Gasteiger partial charge >= 0.3 is 12.1 Å². The van der Waals surface area contributed by atoms with Gasteiger partial charge in [0.25, 0.3) is 5.78 Å². The number of nitrogens with zero attached hydrogens (tertiary/aromatic N) is 1. The van der Waals surface area contributed by atoms with E-state index in [2.05, 4.69) is 24.5 Å². The maximum atomic E-state index is 14.2. The second-order valence-corrected chi connectivity index (χ2v) is 12.8. The molecule has 0 aromatic heterocycles. The first-order chi connectivity index (χ1) is 18.9. The van der Waals surface area contributed by atoms with Gasteiger partial charge in [-0.1, -0.05) is 51.0 Å². The predicted molar refractivity (Wildman–Crippen MR) is 144 cm³/mol. The Balaban J connectivity index is 1.39. The summed E-state index contributed by atoms with van der Waals surface area (Å²) in [7, 11) is 0. The normalized spacial score (nSPS) is 25.9. The van der Waals surface area contributed by atoms with E-state index in [-0.39, 0.29) is 47.5 Å². The Morgan fingerprint density at radius 2 is 1.68 bits per heavy atom. The van der Waals surface area contributed by atoms with Crippen LogP contribution in [0, 0.1) is 29.1 Å². The molecule has 1 aromatic rings. The van der Waals surface area contributed by atoms with E-state index in [1.807, 2.05) is 24.3 Å². The fourth-order valence-corrected chi connectivity index (χ4v) is 6.90. The van der Waals surface area contributed by atoms with Gasteiger partial charge in [-0.3, -0.25) is 14.4 Å². The lowest BCUT2D eigenvalue weighted by atomic mass is 9.93. The zero-order chi connectivity index (χ0) is 28.9. The summed E-state index contributed by atoms with van der Waals surface area (Å²) in [6, 6.07) is 5.05. The molecule has 5 atom stereocenters. The van der Waals surface area contributed by atoms with Crippen LogP contribution in [0.4, 0.5) is 4.79 Å². The van der Waals surface area contributed by atoms with Gasteiger partial charge in [0.05, 0.1) is 12.1 Å². The van der Waals surface area contributed by atoms with Crippen LogP contribution < -0.4 is 10.6 Å². The highest BCUT2D eigenvalue weighted by Crippen LogP contribution is 2.65. The minimum atomic E-state index is -1.58. The van der Waals surface area contributed by atoms with Crippen molar-refractivity contribution in [3.63, 3.8) is 0 Å². The number of carbonyl (C=O) groups excluding carboxylic acids is 4. The largest absolute Gasteiger partial charge is 0.475 e. The number of ketones is 1. The molecule has 1 aliphatic heterocycles. The SMILES string of the molecule is CC(C)OC(=O)N[C@H](C(=O)N1CC2C([C@H]1C(=O)NC(CC1CC1)C(=O)C(=O)O)C2(C)C)C1Cc2ccccc2C1. The fraction of sp³-hybridized carbons (Fsp3) is 0.633. The molecule has 3 aliphatic carbocycles. The number of rotatable bonds is 10. The summed E-state index contributed by atoms with van der Waals surface area (Å²) in [4.78, 5) is 66.2. The van der Waals surface area contributed by atoms with Crippen LogP contribution in [0.25, 0.3) is 0 Å². The number of hydrogen-bond donors (Lipinski definition) is 3. The van der Waals surface area contributed by atoms with Crippen molar-refractivity contribution in [2.45, 2.75) is 84.0 Å². The zero-order valence-corrected chi connectivity index (χ0v) is 23.5. The van der Waals surface area contributed by atoms with Crippen molar-refractivity contribution in [2.75, 3.05) is 6.54 Å². The van der Waals surface area contributed by atoms with Gasteiger partial charge in [-0.15, -0.1) is 0 Å². The number of alkyl carbamates (subject to hydrolysis) is 1. The summed E-state index contributed by atoms with van der Waals surface area (Å²) in [5.74, 6) is -3.52. The van der Waals surface area contributed by atoms with E-state index in [9.17, 15) is 29.1 Å². The number of benzene rings is 1. The average molecular weight is 554 g/mol. The van der Waals surface area contributed by atoms with E-state index in [0.29, 0.717) is 19.4 Å². The smallest absolute Gasteiger partial charge is 0.408 e. The Hall–Kier alpha value is -3.43. The summed E-state index contributed by atoms with van der Waals surface area (Å²) >= 11 is 0.